The number of benzene rings is 1. The number of esters is 1. The van der Waals surface area contributed by atoms with Crippen molar-refractivity contribution in [3.63, 3.8) is 0 Å². The number of aryl methyl sites for hydroxylation is 1. The van der Waals surface area contributed by atoms with Gasteiger partial charge in [0.2, 0.25) is 0 Å². The highest BCUT2D eigenvalue weighted by Gasteiger charge is 2.28. The maximum absolute atomic E-state index is 12.2. The lowest BCUT2D eigenvalue weighted by atomic mass is 10.0. The Bertz CT molecular complexity index is 613. The lowest BCUT2D eigenvalue weighted by Crippen LogP contribution is -2.51. The summed E-state index contributed by atoms with van der Waals surface area (Å²) < 4.78 is 5.33. The summed E-state index contributed by atoms with van der Waals surface area (Å²) >= 11 is 5.01. The molecule has 22 heavy (non-hydrogen) atoms. The van der Waals surface area contributed by atoms with Crippen LogP contribution in [0.3, 0.4) is 0 Å². The molecule has 0 fully saturated rings. The van der Waals surface area contributed by atoms with E-state index < -0.39 is 12.0 Å². The highest BCUT2D eigenvalue weighted by atomic mass is 32.1. The predicted octanol–water partition coefficient (Wildman–Crippen LogP) is 1.19. The van der Waals surface area contributed by atoms with Crippen LogP contribution in [-0.4, -0.2) is 35.4 Å². The Kier molecular flexibility index (Phi) is 5.51. The Morgan fingerprint density at radius 1 is 1.41 bits per heavy atom. The van der Waals surface area contributed by atoms with E-state index in [9.17, 15) is 9.90 Å². The zero-order valence-electron chi connectivity index (χ0n) is 12.7. The molecule has 0 spiro atoms. The summed E-state index contributed by atoms with van der Waals surface area (Å²) in [5, 5.41) is 15.5. The molecule has 0 saturated carbocycles. The summed E-state index contributed by atoms with van der Waals surface area (Å²) in [4.78, 5) is 12.2. The van der Waals surface area contributed by atoms with Crippen LogP contribution in [0.4, 0.5) is 0 Å². The van der Waals surface area contributed by atoms with E-state index in [0.29, 0.717) is 29.4 Å². The summed E-state index contributed by atoms with van der Waals surface area (Å²) in [6, 6.07) is 7.55. The van der Waals surface area contributed by atoms with Crippen LogP contribution in [0.2, 0.25) is 0 Å². The van der Waals surface area contributed by atoms with Crippen LogP contribution in [0.15, 0.2) is 35.5 Å². The van der Waals surface area contributed by atoms with E-state index in [1.807, 2.05) is 25.1 Å². The van der Waals surface area contributed by atoms with Crippen molar-refractivity contribution >= 4 is 23.3 Å². The van der Waals surface area contributed by atoms with E-state index in [2.05, 4.69) is 16.7 Å². The van der Waals surface area contributed by atoms with Gasteiger partial charge in [-0.2, -0.15) is 0 Å². The minimum atomic E-state index is -0.528. The monoisotopic (exact) mass is 320 g/mol. The van der Waals surface area contributed by atoms with Crippen molar-refractivity contribution in [1.29, 1.82) is 0 Å². The maximum Gasteiger partial charge on any atom is 0.337 e. The number of thiocarbonyl (C=S) groups is 1. The van der Waals surface area contributed by atoms with E-state index in [4.69, 9.17) is 17.0 Å². The summed E-state index contributed by atoms with van der Waals surface area (Å²) in [6.07, 6.45) is 0.656. The molecule has 118 valence electrons. The molecular weight excluding hydrogens is 300 g/mol. The lowest BCUT2D eigenvalue weighted by Gasteiger charge is -2.28. The van der Waals surface area contributed by atoms with Gasteiger partial charge in [-0.05, 0) is 31.6 Å². The number of nitrogens with one attached hydrogen (secondary N) is 2. The second-order valence-corrected chi connectivity index (χ2v) is 5.66. The van der Waals surface area contributed by atoms with Gasteiger partial charge in [0.05, 0.1) is 24.8 Å². The molecule has 1 unspecified atom stereocenters. The molecule has 0 saturated heterocycles. The van der Waals surface area contributed by atoms with Crippen molar-refractivity contribution in [3.8, 4) is 0 Å². The molecule has 1 atom stereocenters. The number of aliphatic hydroxyl groups excluding tert-OH is 1. The van der Waals surface area contributed by atoms with Crippen molar-refractivity contribution in [2.24, 2.45) is 0 Å². The van der Waals surface area contributed by atoms with Crippen LogP contribution in [0, 0.1) is 6.92 Å². The first-order valence-electron chi connectivity index (χ1n) is 7.13. The first-order chi connectivity index (χ1) is 10.5. The number of rotatable bonds is 5. The second kappa shape index (κ2) is 7.38. The number of ether oxygens (including phenoxy) is 1. The summed E-state index contributed by atoms with van der Waals surface area (Å²) in [6.45, 7) is 3.84. The van der Waals surface area contributed by atoms with Gasteiger partial charge < -0.3 is 20.5 Å². The van der Waals surface area contributed by atoms with E-state index in [-0.39, 0.29) is 6.61 Å². The highest BCUT2D eigenvalue weighted by molar-refractivity contribution is 7.80. The normalized spacial score (nSPS) is 17.8. The van der Waals surface area contributed by atoms with Crippen molar-refractivity contribution in [1.82, 2.24) is 10.6 Å². The third-order valence-electron chi connectivity index (χ3n) is 3.47. The van der Waals surface area contributed by atoms with Crippen LogP contribution in [-0.2, 0) is 16.0 Å². The van der Waals surface area contributed by atoms with Gasteiger partial charge in [-0.3, -0.25) is 0 Å². The van der Waals surface area contributed by atoms with Crippen LogP contribution in [0.1, 0.15) is 18.1 Å². The number of hydrogen-bond donors (Lipinski definition) is 3. The standard InChI is InChI=1S/C16H20N2O3S/c1-10-4-3-5-12(8-10)6-7-21-15(20)14-11(2)17-16(22)18-13(14)9-19/h3-5,8,13,19H,6-7,9H2,1-2H3,(H2,17,18,22). The molecule has 1 heterocycles. The molecule has 1 aliphatic rings. The van der Waals surface area contributed by atoms with Gasteiger partial charge in [-0.15, -0.1) is 0 Å². The topological polar surface area (TPSA) is 70.6 Å². The fraction of sp³-hybridized carbons (Fsp3) is 0.375. The zero-order chi connectivity index (χ0) is 16.1. The molecule has 0 aromatic heterocycles. The number of hydrogen-bond acceptors (Lipinski definition) is 4. The fourth-order valence-corrected chi connectivity index (χ4v) is 2.70. The Morgan fingerprint density at radius 2 is 2.18 bits per heavy atom. The zero-order valence-corrected chi connectivity index (χ0v) is 13.5. The fourth-order valence-electron chi connectivity index (χ4n) is 2.40. The van der Waals surface area contributed by atoms with E-state index in [0.717, 1.165) is 5.56 Å². The number of aliphatic hydroxyl groups is 1. The van der Waals surface area contributed by atoms with Gasteiger partial charge >= 0.3 is 5.97 Å². The molecule has 6 heteroatoms. The largest absolute Gasteiger partial charge is 0.462 e. The van der Waals surface area contributed by atoms with Crippen LogP contribution in [0.5, 0.6) is 0 Å². The Balaban J connectivity index is 1.96. The second-order valence-electron chi connectivity index (χ2n) is 5.25. The molecule has 0 radical (unpaired) electrons. The SMILES string of the molecule is CC1=C(C(=O)OCCc2cccc(C)c2)C(CO)NC(=S)N1. The number of carbonyl (C=O) groups is 1. The molecular formula is C16H20N2O3S. The minimum Gasteiger partial charge on any atom is -0.462 e. The minimum absolute atomic E-state index is 0.221. The summed E-state index contributed by atoms with van der Waals surface area (Å²) in [5.74, 6) is -0.438. The van der Waals surface area contributed by atoms with Crippen molar-refractivity contribution in [2.75, 3.05) is 13.2 Å². The first-order valence-corrected chi connectivity index (χ1v) is 7.54. The van der Waals surface area contributed by atoms with Gasteiger partial charge in [0.25, 0.3) is 0 Å². The molecule has 0 aliphatic carbocycles. The van der Waals surface area contributed by atoms with E-state index in [1.165, 1.54) is 5.56 Å². The van der Waals surface area contributed by atoms with Gasteiger partial charge in [0, 0.05) is 12.1 Å². The van der Waals surface area contributed by atoms with Gasteiger partial charge in [0.1, 0.15) is 0 Å². The smallest absolute Gasteiger partial charge is 0.337 e. The maximum atomic E-state index is 12.2. The molecule has 5 nitrogen and oxygen atoms in total. The van der Waals surface area contributed by atoms with E-state index in [1.54, 1.807) is 6.92 Å². The van der Waals surface area contributed by atoms with Gasteiger partial charge in [-0.1, -0.05) is 29.8 Å². The van der Waals surface area contributed by atoms with Gasteiger partial charge in [-0.25, -0.2) is 4.79 Å². The Morgan fingerprint density at radius 3 is 2.86 bits per heavy atom. The lowest BCUT2D eigenvalue weighted by molar-refractivity contribution is -0.139. The number of allylic oxidation sites excluding steroid dienone is 1. The van der Waals surface area contributed by atoms with Crippen LogP contribution < -0.4 is 10.6 Å². The summed E-state index contributed by atoms with van der Waals surface area (Å²) in [7, 11) is 0. The quantitative estimate of drug-likeness (QED) is 0.559. The molecule has 2 rings (SSSR count). The van der Waals surface area contributed by atoms with Crippen molar-refractivity contribution in [3.05, 3.63) is 46.7 Å². The highest BCUT2D eigenvalue weighted by Crippen LogP contribution is 2.14. The van der Waals surface area contributed by atoms with Crippen molar-refractivity contribution in [2.45, 2.75) is 26.3 Å². The molecule has 0 amide bonds. The van der Waals surface area contributed by atoms with Gasteiger partial charge in [0.15, 0.2) is 5.11 Å². The third kappa shape index (κ3) is 4.05. The van der Waals surface area contributed by atoms with Crippen LogP contribution in [0.25, 0.3) is 0 Å². The third-order valence-corrected chi connectivity index (χ3v) is 3.69. The Hall–Kier alpha value is -1.92. The Labute approximate surface area is 135 Å². The molecule has 3 N–H and O–H groups in total. The first kappa shape index (κ1) is 16.5. The average molecular weight is 320 g/mol. The van der Waals surface area contributed by atoms with Crippen molar-refractivity contribution < 1.29 is 14.6 Å². The van der Waals surface area contributed by atoms with E-state index >= 15 is 0 Å². The van der Waals surface area contributed by atoms with Crippen LogP contribution >= 0.6 is 12.2 Å². The number of carbonyl (C=O) groups excluding carboxylic acids is 1. The molecule has 1 aromatic rings. The molecule has 1 aliphatic heterocycles. The molecule has 0 bridgehead atoms. The average Bonchev–Trinajstić information content (AvgIpc) is 2.46. The summed E-state index contributed by atoms with van der Waals surface area (Å²) in [5.41, 5.74) is 3.30. The molecule has 1 aromatic carbocycles. The predicted molar refractivity (Wildman–Crippen MR) is 88.3 cm³/mol.